The molecule has 1 aromatic carbocycles. The average Bonchev–Trinajstić information content (AvgIpc) is 2.01. The predicted molar refractivity (Wildman–Crippen MR) is 67.6 cm³/mol. The molecule has 14 heavy (non-hydrogen) atoms. The monoisotopic (exact) mass is 340 g/mol. The first-order valence-electron chi connectivity index (χ1n) is 4.24. The Morgan fingerprint density at radius 1 is 1.29 bits per heavy atom. The summed E-state index contributed by atoms with van der Waals surface area (Å²) in [6, 6.07) is 7.65. The number of benzene rings is 1. The molecule has 0 N–H and O–H groups in total. The number of hydrogen-bond acceptors (Lipinski definition) is 1. The fourth-order valence-electron chi connectivity index (χ4n) is 1.06. The third kappa shape index (κ3) is 3.44. The van der Waals surface area contributed by atoms with Crippen molar-refractivity contribution in [2.45, 2.75) is 22.6 Å². The van der Waals surface area contributed by atoms with Gasteiger partial charge in [-0.15, -0.1) is 0 Å². The largest absolute Gasteiger partial charge is 0.491 e. The summed E-state index contributed by atoms with van der Waals surface area (Å²) < 4.78 is 4.87. The molecular weight excluding hydrogens is 331 g/mol. The minimum Gasteiger partial charge on any atom is -0.491 e. The lowest BCUT2D eigenvalue weighted by Crippen LogP contribution is -2.10. The quantitative estimate of drug-likeness (QED) is 0.729. The van der Waals surface area contributed by atoms with Crippen LogP contribution in [-0.2, 0) is 2.69 Å². The second-order valence-electron chi connectivity index (χ2n) is 3.16. The number of halogens is 3. The maximum Gasteiger partial charge on any atom is 0.182 e. The number of para-hydroxylation sites is 1. The highest BCUT2D eigenvalue weighted by atomic mass is 79.9. The number of rotatable bonds is 3. The van der Waals surface area contributed by atoms with Gasteiger partial charge in [0.1, 0.15) is 5.75 Å². The van der Waals surface area contributed by atoms with E-state index in [1.54, 1.807) is 0 Å². The number of alkyl halides is 3. The van der Waals surface area contributed by atoms with E-state index in [1.807, 2.05) is 38.1 Å². The summed E-state index contributed by atoms with van der Waals surface area (Å²) in [5, 5.41) is 0. The molecule has 0 aliphatic carbocycles. The molecule has 0 unspecified atom stereocenters. The summed E-state index contributed by atoms with van der Waals surface area (Å²) >= 11 is 12.8. The Morgan fingerprint density at radius 2 is 1.86 bits per heavy atom. The van der Waals surface area contributed by atoms with Crippen molar-refractivity contribution in [1.82, 2.24) is 0 Å². The summed E-state index contributed by atoms with van der Waals surface area (Å²) in [7, 11) is 0. The van der Waals surface area contributed by atoms with Crippen molar-refractivity contribution in [1.29, 1.82) is 0 Å². The van der Waals surface area contributed by atoms with Gasteiger partial charge in [0.2, 0.25) is 0 Å². The van der Waals surface area contributed by atoms with Crippen LogP contribution in [0.1, 0.15) is 19.4 Å². The van der Waals surface area contributed by atoms with E-state index in [-0.39, 0.29) is 6.10 Å². The van der Waals surface area contributed by atoms with Crippen LogP contribution in [0.5, 0.6) is 5.75 Å². The van der Waals surface area contributed by atoms with Crippen LogP contribution in [0.2, 0.25) is 0 Å². The van der Waals surface area contributed by atoms with Crippen LogP contribution in [0.4, 0.5) is 0 Å². The molecule has 0 aromatic heterocycles. The third-order valence-corrected chi connectivity index (χ3v) is 2.61. The standard InChI is InChI=1S/C10H11Br2ClO/c1-7(2)14-9-6-4-3-5-8(9)10(11,12)13/h3-7H,1-2H3. The molecule has 4 heteroatoms. The highest BCUT2D eigenvalue weighted by molar-refractivity contribution is 9.25. The topological polar surface area (TPSA) is 9.23 Å². The van der Waals surface area contributed by atoms with Crippen molar-refractivity contribution in [3.05, 3.63) is 29.8 Å². The number of hydrogen-bond donors (Lipinski definition) is 0. The SMILES string of the molecule is CC(C)Oc1ccccc1C(Cl)(Br)Br. The van der Waals surface area contributed by atoms with E-state index in [9.17, 15) is 0 Å². The minimum atomic E-state index is -0.758. The van der Waals surface area contributed by atoms with Gasteiger partial charge in [-0.25, -0.2) is 0 Å². The van der Waals surface area contributed by atoms with Crippen molar-refractivity contribution >= 4 is 43.5 Å². The van der Waals surface area contributed by atoms with Gasteiger partial charge < -0.3 is 4.74 Å². The maximum absolute atomic E-state index is 6.10. The molecule has 0 aliphatic heterocycles. The van der Waals surface area contributed by atoms with Crippen LogP contribution in [-0.4, -0.2) is 6.10 Å². The lowest BCUT2D eigenvalue weighted by atomic mass is 10.2. The molecule has 0 spiro atoms. The molecule has 1 rings (SSSR count). The van der Waals surface area contributed by atoms with Crippen LogP contribution < -0.4 is 4.74 Å². The van der Waals surface area contributed by atoms with E-state index in [2.05, 4.69) is 31.9 Å². The van der Waals surface area contributed by atoms with E-state index in [4.69, 9.17) is 16.3 Å². The van der Waals surface area contributed by atoms with Gasteiger partial charge >= 0.3 is 0 Å². The van der Waals surface area contributed by atoms with Gasteiger partial charge in [-0.3, -0.25) is 0 Å². The van der Waals surface area contributed by atoms with Crippen LogP contribution >= 0.6 is 43.5 Å². The molecule has 0 radical (unpaired) electrons. The summed E-state index contributed by atoms with van der Waals surface area (Å²) in [6.07, 6.45) is 0.134. The number of ether oxygens (including phenoxy) is 1. The first kappa shape index (κ1) is 12.3. The molecule has 0 aliphatic rings. The Morgan fingerprint density at radius 3 is 2.36 bits per heavy atom. The van der Waals surface area contributed by atoms with Gasteiger partial charge in [0.15, 0.2) is 2.69 Å². The Labute approximate surface area is 106 Å². The zero-order chi connectivity index (χ0) is 10.8. The molecule has 78 valence electrons. The molecule has 0 saturated heterocycles. The van der Waals surface area contributed by atoms with Crippen molar-refractivity contribution in [3.8, 4) is 5.75 Å². The second kappa shape index (κ2) is 4.86. The summed E-state index contributed by atoms with van der Waals surface area (Å²) in [6.45, 7) is 3.96. The fourth-order valence-corrected chi connectivity index (χ4v) is 1.87. The van der Waals surface area contributed by atoms with Gasteiger partial charge in [-0.05, 0) is 51.8 Å². The lowest BCUT2D eigenvalue weighted by Gasteiger charge is -2.19. The van der Waals surface area contributed by atoms with Gasteiger partial charge in [-0.1, -0.05) is 29.8 Å². The smallest absolute Gasteiger partial charge is 0.182 e. The van der Waals surface area contributed by atoms with Crippen LogP contribution in [0.25, 0.3) is 0 Å². The molecule has 0 fully saturated rings. The zero-order valence-electron chi connectivity index (χ0n) is 7.93. The van der Waals surface area contributed by atoms with E-state index >= 15 is 0 Å². The Hall–Kier alpha value is 0.270. The van der Waals surface area contributed by atoms with E-state index in [1.165, 1.54) is 0 Å². The minimum absolute atomic E-state index is 0.134. The molecule has 0 bridgehead atoms. The first-order valence-corrected chi connectivity index (χ1v) is 6.20. The first-order chi connectivity index (χ1) is 6.41. The third-order valence-electron chi connectivity index (χ3n) is 1.56. The summed E-state index contributed by atoms with van der Waals surface area (Å²) in [5.74, 6) is 0.784. The Bertz CT molecular complexity index is 307. The Kier molecular flexibility index (Phi) is 4.29. The molecule has 0 saturated carbocycles. The van der Waals surface area contributed by atoms with E-state index < -0.39 is 2.69 Å². The fraction of sp³-hybridized carbons (Fsp3) is 0.400. The molecular formula is C10H11Br2ClO. The highest BCUT2D eigenvalue weighted by Crippen LogP contribution is 2.46. The van der Waals surface area contributed by atoms with E-state index in [0.717, 1.165) is 11.3 Å². The predicted octanol–water partition coefficient (Wildman–Crippen LogP) is 4.61. The van der Waals surface area contributed by atoms with Crippen molar-refractivity contribution in [2.24, 2.45) is 0 Å². The molecule has 0 heterocycles. The summed E-state index contributed by atoms with van der Waals surface area (Å²) in [4.78, 5) is 0. The molecule has 0 amide bonds. The van der Waals surface area contributed by atoms with Gasteiger partial charge in [0.05, 0.1) is 6.10 Å². The van der Waals surface area contributed by atoms with Crippen LogP contribution in [0.15, 0.2) is 24.3 Å². The Balaban J connectivity index is 3.04. The molecule has 1 nitrogen and oxygen atoms in total. The zero-order valence-corrected chi connectivity index (χ0v) is 11.9. The molecule has 0 atom stereocenters. The van der Waals surface area contributed by atoms with Crippen LogP contribution in [0.3, 0.4) is 0 Å². The molecule has 1 aromatic rings. The van der Waals surface area contributed by atoms with Crippen LogP contribution in [0, 0.1) is 0 Å². The second-order valence-corrected chi connectivity index (χ2v) is 8.08. The average molecular weight is 342 g/mol. The van der Waals surface area contributed by atoms with Gasteiger partial charge in [0.25, 0.3) is 0 Å². The maximum atomic E-state index is 6.10. The van der Waals surface area contributed by atoms with Crippen molar-refractivity contribution < 1.29 is 4.74 Å². The van der Waals surface area contributed by atoms with E-state index in [0.29, 0.717) is 0 Å². The van der Waals surface area contributed by atoms with Gasteiger partial charge in [0, 0.05) is 5.56 Å². The van der Waals surface area contributed by atoms with Gasteiger partial charge in [-0.2, -0.15) is 0 Å². The lowest BCUT2D eigenvalue weighted by molar-refractivity contribution is 0.240. The highest BCUT2D eigenvalue weighted by Gasteiger charge is 2.25. The van der Waals surface area contributed by atoms with Crippen molar-refractivity contribution in [3.63, 3.8) is 0 Å². The summed E-state index contributed by atoms with van der Waals surface area (Å²) in [5.41, 5.74) is 0.871. The normalized spacial score (nSPS) is 11.9. The van der Waals surface area contributed by atoms with Crippen molar-refractivity contribution in [2.75, 3.05) is 0 Å².